The largest absolute Gasteiger partial charge is 0.490 e. The molecule has 1 unspecified atom stereocenters. The summed E-state index contributed by atoms with van der Waals surface area (Å²) in [5, 5.41) is 14.2. The number of nitro benzene ring substituents is 1. The average molecular weight is 458 g/mol. The first-order chi connectivity index (χ1) is 15.8. The van der Waals surface area contributed by atoms with Crippen LogP contribution in [0.5, 0.6) is 17.2 Å². The first-order valence-corrected chi connectivity index (χ1v) is 10.5. The minimum absolute atomic E-state index is 0.0377. The lowest BCUT2D eigenvalue weighted by Crippen LogP contribution is -2.35. The Morgan fingerprint density at radius 3 is 2.52 bits per heavy atom. The fourth-order valence-electron chi connectivity index (χ4n) is 3.39. The van der Waals surface area contributed by atoms with Crippen molar-refractivity contribution in [3.63, 3.8) is 0 Å². The van der Waals surface area contributed by atoms with Crippen molar-refractivity contribution in [2.45, 2.75) is 26.3 Å². The van der Waals surface area contributed by atoms with Crippen LogP contribution in [0.25, 0.3) is 0 Å². The highest BCUT2D eigenvalue weighted by Crippen LogP contribution is 2.34. The van der Waals surface area contributed by atoms with Gasteiger partial charge in [-0.2, -0.15) is 0 Å². The summed E-state index contributed by atoms with van der Waals surface area (Å²) in [6, 6.07) is 8.75. The van der Waals surface area contributed by atoms with Gasteiger partial charge in [0.2, 0.25) is 0 Å². The normalized spacial score (nSPS) is 13.6. The van der Waals surface area contributed by atoms with E-state index in [1.165, 1.54) is 19.2 Å². The maximum absolute atomic E-state index is 12.7. The van der Waals surface area contributed by atoms with Gasteiger partial charge >= 0.3 is 11.7 Å². The summed E-state index contributed by atoms with van der Waals surface area (Å²) >= 11 is 0. The molecule has 176 valence electrons. The molecule has 1 atom stereocenters. The van der Waals surface area contributed by atoms with Gasteiger partial charge in [0, 0.05) is 18.6 Å². The highest BCUT2D eigenvalue weighted by Gasteiger charge is 2.23. The van der Waals surface area contributed by atoms with Gasteiger partial charge in [-0.3, -0.25) is 14.9 Å². The van der Waals surface area contributed by atoms with E-state index in [0.717, 1.165) is 18.1 Å². The number of carbonyl (C=O) groups excluding carboxylic acids is 2. The van der Waals surface area contributed by atoms with Crippen LogP contribution in [-0.2, 0) is 9.53 Å². The van der Waals surface area contributed by atoms with Crippen LogP contribution in [0.3, 0.4) is 0 Å². The number of nitrogens with one attached hydrogen (secondary N) is 1. The third-order valence-corrected chi connectivity index (χ3v) is 5.05. The fraction of sp³-hybridized carbons (Fsp3) is 0.391. The molecule has 10 nitrogen and oxygen atoms in total. The standard InChI is InChI=1S/C23H26N2O8/c1-14(2)22(15-6-8-18-20(11-15)32-10-4-9-31-18)24-21(26)13-33-19-12-16(23(27)30-3)5-7-17(19)25(28)29/h5-8,11-12,14,22H,4,9-10,13H2,1-3H3,(H,24,26). The van der Waals surface area contributed by atoms with Crippen molar-refractivity contribution >= 4 is 17.6 Å². The number of rotatable bonds is 8. The summed E-state index contributed by atoms with van der Waals surface area (Å²) in [4.78, 5) is 35.0. The lowest BCUT2D eigenvalue weighted by atomic mass is 9.95. The lowest BCUT2D eigenvalue weighted by molar-refractivity contribution is -0.385. The molecule has 0 saturated carbocycles. The molecule has 1 heterocycles. The second-order valence-corrected chi connectivity index (χ2v) is 7.77. The molecule has 0 radical (unpaired) electrons. The summed E-state index contributed by atoms with van der Waals surface area (Å²) in [5.74, 6) is -0.0277. The van der Waals surface area contributed by atoms with Gasteiger partial charge in [-0.25, -0.2) is 4.79 Å². The van der Waals surface area contributed by atoms with Crippen LogP contribution >= 0.6 is 0 Å². The monoisotopic (exact) mass is 458 g/mol. The van der Waals surface area contributed by atoms with E-state index in [9.17, 15) is 19.7 Å². The summed E-state index contributed by atoms with van der Waals surface area (Å²) in [6.07, 6.45) is 0.787. The van der Waals surface area contributed by atoms with E-state index in [4.69, 9.17) is 14.2 Å². The number of hydrogen-bond donors (Lipinski definition) is 1. The summed E-state index contributed by atoms with van der Waals surface area (Å²) in [7, 11) is 1.20. The quantitative estimate of drug-likeness (QED) is 0.362. The number of hydrogen-bond acceptors (Lipinski definition) is 8. The van der Waals surface area contributed by atoms with E-state index in [2.05, 4.69) is 10.1 Å². The first-order valence-electron chi connectivity index (χ1n) is 10.5. The SMILES string of the molecule is COC(=O)c1ccc([N+](=O)[O-])c(OCC(=O)NC(c2ccc3c(c2)OCCCO3)C(C)C)c1. The first kappa shape index (κ1) is 23.8. The highest BCUT2D eigenvalue weighted by atomic mass is 16.6. The van der Waals surface area contributed by atoms with Crippen LogP contribution in [-0.4, -0.2) is 43.7 Å². The Labute approximate surface area is 190 Å². The molecule has 0 aliphatic carbocycles. The average Bonchev–Trinajstić information content (AvgIpc) is 3.05. The van der Waals surface area contributed by atoms with Gasteiger partial charge in [-0.1, -0.05) is 19.9 Å². The van der Waals surface area contributed by atoms with Crippen molar-refractivity contribution in [1.82, 2.24) is 5.32 Å². The molecule has 1 aliphatic rings. The van der Waals surface area contributed by atoms with Crippen LogP contribution in [0.15, 0.2) is 36.4 Å². The van der Waals surface area contributed by atoms with Gasteiger partial charge in [-0.15, -0.1) is 0 Å². The second kappa shape index (κ2) is 10.7. The van der Waals surface area contributed by atoms with Crippen LogP contribution in [0, 0.1) is 16.0 Å². The smallest absolute Gasteiger partial charge is 0.337 e. The van der Waals surface area contributed by atoms with Gasteiger partial charge in [0.15, 0.2) is 23.9 Å². The Kier molecular flexibility index (Phi) is 7.70. The van der Waals surface area contributed by atoms with E-state index >= 15 is 0 Å². The summed E-state index contributed by atoms with van der Waals surface area (Å²) in [5.41, 5.74) is 0.547. The Hall–Kier alpha value is -3.82. The van der Waals surface area contributed by atoms with Crippen LogP contribution in [0.1, 0.15) is 42.2 Å². The Morgan fingerprint density at radius 1 is 1.12 bits per heavy atom. The molecule has 33 heavy (non-hydrogen) atoms. The number of carbonyl (C=O) groups is 2. The number of esters is 1. The Morgan fingerprint density at radius 2 is 1.85 bits per heavy atom. The van der Waals surface area contributed by atoms with Crippen LogP contribution in [0.4, 0.5) is 5.69 Å². The number of methoxy groups -OCH3 is 1. The van der Waals surface area contributed by atoms with Gasteiger partial charge in [0.25, 0.3) is 5.91 Å². The number of amides is 1. The summed E-state index contributed by atoms with van der Waals surface area (Å²) < 4.78 is 21.4. The van der Waals surface area contributed by atoms with Crippen molar-refractivity contribution in [3.05, 3.63) is 57.6 Å². The van der Waals surface area contributed by atoms with Gasteiger partial charge in [0.1, 0.15) is 0 Å². The number of benzene rings is 2. The molecule has 0 aromatic heterocycles. The molecule has 0 fully saturated rings. The van der Waals surface area contributed by atoms with Gasteiger partial charge in [-0.05, 0) is 29.7 Å². The molecule has 1 amide bonds. The highest BCUT2D eigenvalue weighted by molar-refractivity contribution is 5.90. The molecule has 10 heteroatoms. The molecule has 2 aromatic carbocycles. The van der Waals surface area contributed by atoms with Crippen molar-refractivity contribution in [3.8, 4) is 17.2 Å². The van der Waals surface area contributed by atoms with E-state index in [1.807, 2.05) is 32.0 Å². The molecule has 0 spiro atoms. The Balaban J connectivity index is 1.73. The zero-order valence-electron chi connectivity index (χ0n) is 18.7. The lowest BCUT2D eigenvalue weighted by Gasteiger charge is -2.24. The molecular weight excluding hydrogens is 432 g/mol. The second-order valence-electron chi connectivity index (χ2n) is 7.77. The number of nitro groups is 1. The van der Waals surface area contributed by atoms with E-state index in [-0.39, 0.29) is 29.0 Å². The Bertz CT molecular complexity index is 1040. The van der Waals surface area contributed by atoms with E-state index < -0.39 is 23.4 Å². The van der Waals surface area contributed by atoms with E-state index in [0.29, 0.717) is 24.7 Å². The van der Waals surface area contributed by atoms with Crippen molar-refractivity contribution in [2.24, 2.45) is 5.92 Å². The maximum atomic E-state index is 12.7. The van der Waals surface area contributed by atoms with Crippen molar-refractivity contribution in [1.29, 1.82) is 0 Å². The minimum Gasteiger partial charge on any atom is -0.490 e. The van der Waals surface area contributed by atoms with E-state index in [1.54, 1.807) is 0 Å². The third kappa shape index (κ3) is 5.91. The minimum atomic E-state index is -0.673. The molecule has 2 aromatic rings. The fourth-order valence-corrected chi connectivity index (χ4v) is 3.39. The summed E-state index contributed by atoms with van der Waals surface area (Å²) in [6.45, 7) is 4.57. The number of nitrogens with zero attached hydrogens (tertiary/aromatic N) is 1. The predicted octanol–water partition coefficient (Wildman–Crippen LogP) is 3.44. The zero-order chi connectivity index (χ0) is 24.0. The zero-order valence-corrected chi connectivity index (χ0v) is 18.7. The van der Waals surface area contributed by atoms with Crippen molar-refractivity contribution < 1.29 is 33.5 Å². The maximum Gasteiger partial charge on any atom is 0.337 e. The van der Waals surface area contributed by atoms with Crippen molar-refractivity contribution in [2.75, 3.05) is 26.9 Å². The molecular formula is C23H26N2O8. The molecule has 3 rings (SSSR count). The number of ether oxygens (including phenoxy) is 4. The molecule has 0 saturated heterocycles. The van der Waals surface area contributed by atoms with Crippen LogP contribution < -0.4 is 19.5 Å². The molecule has 1 N–H and O–H groups in total. The van der Waals surface area contributed by atoms with Gasteiger partial charge in [0.05, 0.1) is 36.9 Å². The molecule has 0 bridgehead atoms. The topological polar surface area (TPSA) is 126 Å². The van der Waals surface area contributed by atoms with Gasteiger partial charge < -0.3 is 24.3 Å². The molecule has 1 aliphatic heterocycles. The van der Waals surface area contributed by atoms with Crippen LogP contribution in [0.2, 0.25) is 0 Å². The number of fused-ring (bicyclic) bond motifs is 1. The third-order valence-electron chi connectivity index (χ3n) is 5.05. The predicted molar refractivity (Wildman–Crippen MR) is 118 cm³/mol.